The summed E-state index contributed by atoms with van der Waals surface area (Å²) >= 11 is 2.11. The first-order valence-electron chi connectivity index (χ1n) is 3.67. The molecule has 1 rings (SSSR count). The number of aryl methyl sites for hydroxylation is 1. The van der Waals surface area contributed by atoms with Gasteiger partial charge in [0.2, 0.25) is 0 Å². The van der Waals surface area contributed by atoms with E-state index in [1.54, 1.807) is 6.07 Å². The van der Waals surface area contributed by atoms with Crippen LogP contribution >= 0.6 is 22.6 Å². The van der Waals surface area contributed by atoms with Crippen molar-refractivity contribution in [2.24, 2.45) is 0 Å². The van der Waals surface area contributed by atoms with Crippen molar-refractivity contribution in [3.63, 3.8) is 0 Å². The van der Waals surface area contributed by atoms with Crippen molar-refractivity contribution in [3.05, 3.63) is 32.9 Å². The van der Waals surface area contributed by atoms with Crippen LogP contribution in [0.5, 0.6) is 0 Å². The lowest BCUT2D eigenvalue weighted by atomic mass is 10.1. The van der Waals surface area contributed by atoms with E-state index in [9.17, 15) is 4.79 Å². The van der Waals surface area contributed by atoms with E-state index >= 15 is 0 Å². The molecule has 12 heavy (non-hydrogen) atoms. The molecule has 0 aliphatic heterocycles. The zero-order chi connectivity index (χ0) is 9.14. The molecular formula is C9H9IO2. The molecule has 0 atom stereocenters. The Bertz CT molecular complexity index is 307. The zero-order valence-corrected chi connectivity index (χ0v) is 8.83. The van der Waals surface area contributed by atoms with Crippen LogP contribution in [0.2, 0.25) is 0 Å². The standard InChI is InChI=1S/C9H9IO2/c1-2-6-3-4-7(10)5-8(6)9(11)12/h3-5H,2H2,1H3,(H,11,12). The summed E-state index contributed by atoms with van der Waals surface area (Å²) in [6.45, 7) is 1.95. The third-order valence-corrected chi connectivity index (χ3v) is 2.35. The first kappa shape index (κ1) is 9.51. The topological polar surface area (TPSA) is 37.3 Å². The van der Waals surface area contributed by atoms with Crippen LogP contribution in [0.25, 0.3) is 0 Å². The van der Waals surface area contributed by atoms with Gasteiger partial charge < -0.3 is 5.11 Å². The molecule has 0 fully saturated rings. The van der Waals surface area contributed by atoms with Gasteiger partial charge in [0.1, 0.15) is 0 Å². The van der Waals surface area contributed by atoms with Gasteiger partial charge in [0, 0.05) is 3.57 Å². The van der Waals surface area contributed by atoms with Crippen LogP contribution in [-0.2, 0) is 6.42 Å². The van der Waals surface area contributed by atoms with Crippen LogP contribution in [0.3, 0.4) is 0 Å². The molecule has 0 heterocycles. The average Bonchev–Trinajstić information content (AvgIpc) is 2.04. The zero-order valence-electron chi connectivity index (χ0n) is 6.67. The summed E-state index contributed by atoms with van der Waals surface area (Å²) in [5, 5.41) is 8.82. The van der Waals surface area contributed by atoms with E-state index in [-0.39, 0.29) is 0 Å². The highest BCUT2D eigenvalue weighted by Gasteiger charge is 2.07. The lowest BCUT2D eigenvalue weighted by molar-refractivity contribution is 0.0695. The molecule has 0 saturated carbocycles. The summed E-state index contributed by atoms with van der Waals surface area (Å²) in [4.78, 5) is 10.7. The highest BCUT2D eigenvalue weighted by molar-refractivity contribution is 14.1. The van der Waals surface area contributed by atoms with Crippen molar-refractivity contribution in [3.8, 4) is 0 Å². The van der Waals surface area contributed by atoms with Crippen molar-refractivity contribution in [1.29, 1.82) is 0 Å². The minimum Gasteiger partial charge on any atom is -0.478 e. The fourth-order valence-electron chi connectivity index (χ4n) is 1.06. The summed E-state index contributed by atoms with van der Waals surface area (Å²) in [5.41, 5.74) is 1.31. The van der Waals surface area contributed by atoms with Crippen molar-refractivity contribution < 1.29 is 9.90 Å². The molecule has 0 bridgehead atoms. The number of carboxylic acid groups (broad SMARTS) is 1. The van der Waals surface area contributed by atoms with Crippen LogP contribution in [0.15, 0.2) is 18.2 Å². The molecule has 0 unspecified atom stereocenters. The third-order valence-electron chi connectivity index (χ3n) is 1.68. The van der Waals surface area contributed by atoms with Crippen molar-refractivity contribution >= 4 is 28.6 Å². The van der Waals surface area contributed by atoms with E-state index in [1.165, 1.54) is 0 Å². The van der Waals surface area contributed by atoms with E-state index in [4.69, 9.17) is 5.11 Å². The van der Waals surface area contributed by atoms with Gasteiger partial charge in [-0.15, -0.1) is 0 Å². The summed E-state index contributed by atoms with van der Waals surface area (Å²) in [6, 6.07) is 5.48. The Kier molecular flexibility index (Phi) is 3.08. The van der Waals surface area contributed by atoms with Gasteiger partial charge in [-0.3, -0.25) is 0 Å². The number of rotatable bonds is 2. The summed E-state index contributed by atoms with van der Waals surface area (Å²) in [5.74, 6) is -0.842. The predicted octanol–water partition coefficient (Wildman–Crippen LogP) is 2.55. The minimum atomic E-state index is -0.842. The normalized spacial score (nSPS) is 9.83. The average molecular weight is 276 g/mol. The van der Waals surface area contributed by atoms with E-state index in [0.717, 1.165) is 15.6 Å². The summed E-state index contributed by atoms with van der Waals surface area (Å²) < 4.78 is 0.960. The first-order valence-corrected chi connectivity index (χ1v) is 4.74. The maximum atomic E-state index is 10.7. The molecule has 0 aliphatic rings. The Morgan fingerprint density at radius 2 is 2.25 bits per heavy atom. The smallest absolute Gasteiger partial charge is 0.335 e. The number of carboxylic acids is 1. The highest BCUT2D eigenvalue weighted by Crippen LogP contribution is 2.14. The number of carbonyl (C=O) groups is 1. The van der Waals surface area contributed by atoms with Gasteiger partial charge in [0.25, 0.3) is 0 Å². The van der Waals surface area contributed by atoms with Gasteiger partial charge in [0.15, 0.2) is 0 Å². The molecule has 0 radical (unpaired) electrons. The second-order valence-corrected chi connectivity index (χ2v) is 3.71. The van der Waals surface area contributed by atoms with Crippen LogP contribution in [0.1, 0.15) is 22.8 Å². The monoisotopic (exact) mass is 276 g/mol. The van der Waals surface area contributed by atoms with E-state index in [0.29, 0.717) is 5.56 Å². The van der Waals surface area contributed by atoms with Crippen LogP contribution in [0.4, 0.5) is 0 Å². The Hall–Kier alpha value is -0.580. The van der Waals surface area contributed by atoms with Gasteiger partial charge in [0.05, 0.1) is 5.56 Å². The number of aromatic carboxylic acids is 1. The largest absolute Gasteiger partial charge is 0.478 e. The molecule has 3 heteroatoms. The minimum absolute atomic E-state index is 0.421. The quantitative estimate of drug-likeness (QED) is 0.843. The van der Waals surface area contributed by atoms with Gasteiger partial charge in [-0.2, -0.15) is 0 Å². The maximum absolute atomic E-state index is 10.7. The first-order chi connectivity index (χ1) is 5.65. The molecule has 0 spiro atoms. The van der Waals surface area contributed by atoms with Crippen LogP contribution in [-0.4, -0.2) is 11.1 Å². The van der Waals surface area contributed by atoms with E-state index in [2.05, 4.69) is 22.6 Å². The van der Waals surface area contributed by atoms with Crippen molar-refractivity contribution in [1.82, 2.24) is 0 Å². The lowest BCUT2D eigenvalue weighted by Gasteiger charge is -2.02. The van der Waals surface area contributed by atoms with Crippen molar-refractivity contribution in [2.75, 3.05) is 0 Å². The Morgan fingerprint density at radius 1 is 1.58 bits per heavy atom. The maximum Gasteiger partial charge on any atom is 0.335 e. The number of hydrogen-bond donors (Lipinski definition) is 1. The number of halogens is 1. The molecule has 1 aromatic carbocycles. The molecule has 0 amide bonds. The van der Waals surface area contributed by atoms with E-state index in [1.807, 2.05) is 19.1 Å². The number of benzene rings is 1. The Morgan fingerprint density at radius 3 is 2.75 bits per heavy atom. The second kappa shape index (κ2) is 3.89. The Labute approximate surface area is 84.7 Å². The predicted molar refractivity (Wildman–Crippen MR) is 55.5 cm³/mol. The van der Waals surface area contributed by atoms with Gasteiger partial charge in [-0.1, -0.05) is 13.0 Å². The molecule has 0 saturated heterocycles. The molecule has 1 N–H and O–H groups in total. The fourth-order valence-corrected chi connectivity index (χ4v) is 1.55. The van der Waals surface area contributed by atoms with Gasteiger partial charge >= 0.3 is 5.97 Å². The molecule has 0 aliphatic carbocycles. The second-order valence-electron chi connectivity index (χ2n) is 2.46. The van der Waals surface area contributed by atoms with Crippen molar-refractivity contribution in [2.45, 2.75) is 13.3 Å². The number of hydrogen-bond acceptors (Lipinski definition) is 1. The molecule has 2 nitrogen and oxygen atoms in total. The van der Waals surface area contributed by atoms with Crippen LogP contribution in [0, 0.1) is 3.57 Å². The molecule has 0 aromatic heterocycles. The molecule has 1 aromatic rings. The van der Waals surface area contributed by atoms with Gasteiger partial charge in [-0.25, -0.2) is 4.79 Å². The SMILES string of the molecule is CCc1ccc(I)cc1C(=O)O. The lowest BCUT2D eigenvalue weighted by Crippen LogP contribution is -2.01. The summed E-state index contributed by atoms with van der Waals surface area (Å²) in [6.07, 6.45) is 0.762. The molecule has 64 valence electrons. The van der Waals surface area contributed by atoms with E-state index < -0.39 is 5.97 Å². The van der Waals surface area contributed by atoms with Gasteiger partial charge in [-0.05, 0) is 46.7 Å². The van der Waals surface area contributed by atoms with Crippen LogP contribution < -0.4 is 0 Å². The Balaban J connectivity index is 3.21. The molecular weight excluding hydrogens is 267 g/mol. The summed E-state index contributed by atoms with van der Waals surface area (Å²) in [7, 11) is 0. The highest BCUT2D eigenvalue weighted by atomic mass is 127. The fraction of sp³-hybridized carbons (Fsp3) is 0.222. The third kappa shape index (κ3) is 1.97.